The number of nitrogens with zero attached hydrogens (tertiary/aromatic N) is 6. The van der Waals surface area contributed by atoms with Crippen LogP contribution in [0.3, 0.4) is 0 Å². The highest BCUT2D eigenvalue weighted by atomic mass is 16.5. The van der Waals surface area contributed by atoms with Gasteiger partial charge in [0.05, 0.1) is 22.3 Å². The number of hydrogen-bond donors (Lipinski definition) is 4. The summed E-state index contributed by atoms with van der Waals surface area (Å²) in [5.74, 6) is -1.35. The second-order valence-electron chi connectivity index (χ2n) is 19.7. The molecule has 4 aromatic carbocycles. The normalized spacial score (nSPS) is 19.2. The standard InChI is InChI=1S/C52H56N10O6/c1-30-24-34(7-8-35(30)28-54-47(65)48-56-51(59-68-48)52(2,3)4)45-41-25-33(11-16-42(41)57-58-45)32-9-12-37(13-10-32)60-22-19-31(20-23-60)27-53-36-6-5-21-61(29-36)38-14-15-39-40(26-38)50(67)62(49(39)66)43-17-18-44(63)55-46(43)64/h7-16,24-26,31,36,43,53H,5-6,17-23,27-29H2,1-4H3,(H,54,65)(H,57,58)(H,55,63,64)/t36-,43?/m0/s1. The van der Waals surface area contributed by atoms with E-state index in [1.54, 1.807) is 12.1 Å². The van der Waals surface area contributed by atoms with Crippen molar-refractivity contribution in [3.8, 4) is 22.4 Å². The molecule has 5 amide bonds. The molecular weight excluding hydrogens is 861 g/mol. The van der Waals surface area contributed by atoms with Crippen LogP contribution in [0, 0.1) is 12.8 Å². The van der Waals surface area contributed by atoms with E-state index in [1.807, 2.05) is 45.9 Å². The number of H-pyrrole nitrogens is 1. The van der Waals surface area contributed by atoms with E-state index in [0.717, 1.165) is 113 Å². The zero-order valence-electron chi connectivity index (χ0n) is 38.9. The molecule has 3 saturated heterocycles. The van der Waals surface area contributed by atoms with Crippen LogP contribution in [-0.2, 0) is 21.5 Å². The number of hydrogen-bond acceptors (Lipinski definition) is 12. The van der Waals surface area contributed by atoms with Gasteiger partial charge in [-0.15, -0.1) is 0 Å². The molecule has 4 aliphatic rings. The fourth-order valence-electron chi connectivity index (χ4n) is 9.95. The average Bonchev–Trinajstić information content (AvgIpc) is 4.08. The van der Waals surface area contributed by atoms with Crippen molar-refractivity contribution in [1.82, 2.24) is 41.2 Å². The van der Waals surface area contributed by atoms with Crippen LogP contribution in [0.25, 0.3) is 33.3 Å². The number of aromatic nitrogens is 4. The van der Waals surface area contributed by atoms with Gasteiger partial charge in [-0.3, -0.25) is 39.3 Å². The number of rotatable bonds is 11. The lowest BCUT2D eigenvalue weighted by molar-refractivity contribution is -0.136. The Kier molecular flexibility index (Phi) is 11.9. The van der Waals surface area contributed by atoms with Crippen molar-refractivity contribution < 1.29 is 28.5 Å². The van der Waals surface area contributed by atoms with E-state index in [9.17, 15) is 24.0 Å². The Morgan fingerprint density at radius 1 is 0.809 bits per heavy atom. The molecule has 68 heavy (non-hydrogen) atoms. The van der Waals surface area contributed by atoms with E-state index in [0.29, 0.717) is 35.5 Å². The first-order chi connectivity index (χ1) is 32.8. The van der Waals surface area contributed by atoms with E-state index in [4.69, 9.17) is 9.62 Å². The summed E-state index contributed by atoms with van der Waals surface area (Å²) in [7, 11) is 0. The number of carbonyl (C=O) groups is 5. The van der Waals surface area contributed by atoms with Gasteiger partial charge >= 0.3 is 11.8 Å². The molecule has 0 aliphatic carbocycles. The maximum atomic E-state index is 13.5. The van der Waals surface area contributed by atoms with Crippen LogP contribution in [0.15, 0.2) is 83.4 Å². The first-order valence-corrected chi connectivity index (χ1v) is 23.7. The minimum absolute atomic E-state index is 0.0462. The fourth-order valence-corrected chi connectivity index (χ4v) is 9.95. The monoisotopic (exact) mass is 916 g/mol. The first kappa shape index (κ1) is 44.6. The van der Waals surface area contributed by atoms with Crippen molar-refractivity contribution in [3.63, 3.8) is 0 Å². The molecule has 3 fully saturated rings. The number of benzene rings is 4. The van der Waals surface area contributed by atoms with Gasteiger partial charge in [0, 0.05) is 72.9 Å². The van der Waals surface area contributed by atoms with Crippen LogP contribution < -0.4 is 25.8 Å². The van der Waals surface area contributed by atoms with Crippen molar-refractivity contribution >= 4 is 51.8 Å². The maximum absolute atomic E-state index is 13.5. The maximum Gasteiger partial charge on any atom is 0.315 e. The number of imide groups is 2. The fraction of sp³-hybridized carbons (Fsp3) is 0.385. The summed E-state index contributed by atoms with van der Waals surface area (Å²) in [6.45, 7) is 12.8. The van der Waals surface area contributed by atoms with E-state index >= 15 is 0 Å². The molecule has 0 saturated carbocycles. The van der Waals surface area contributed by atoms with Gasteiger partial charge < -0.3 is 25.0 Å². The lowest BCUT2D eigenvalue weighted by Gasteiger charge is -2.37. The Morgan fingerprint density at radius 2 is 1.56 bits per heavy atom. The summed E-state index contributed by atoms with van der Waals surface area (Å²) in [6.07, 6.45) is 4.51. The Labute approximate surface area is 394 Å². The highest BCUT2D eigenvalue weighted by molar-refractivity contribution is 6.23. The molecule has 10 rings (SSSR count). The van der Waals surface area contributed by atoms with Crippen LogP contribution in [0.5, 0.6) is 0 Å². The molecule has 2 aromatic heterocycles. The van der Waals surface area contributed by atoms with E-state index < -0.39 is 29.7 Å². The predicted molar refractivity (Wildman–Crippen MR) is 257 cm³/mol. The molecule has 6 heterocycles. The van der Waals surface area contributed by atoms with Crippen molar-refractivity contribution in [1.29, 1.82) is 0 Å². The lowest BCUT2D eigenvalue weighted by atomic mass is 9.95. The van der Waals surface area contributed by atoms with Crippen LogP contribution in [0.4, 0.5) is 11.4 Å². The van der Waals surface area contributed by atoms with Crippen LogP contribution in [0.2, 0.25) is 0 Å². The minimum Gasteiger partial charge on any atom is -0.372 e. The third kappa shape index (κ3) is 8.87. The average molecular weight is 917 g/mol. The molecular formula is C52H56N10O6. The topological polar surface area (TPSA) is 199 Å². The van der Waals surface area contributed by atoms with Crippen LogP contribution in [-0.4, -0.2) is 99.6 Å². The molecule has 0 bridgehead atoms. The van der Waals surface area contributed by atoms with Crippen molar-refractivity contribution in [2.75, 3.05) is 42.5 Å². The Bertz CT molecular complexity index is 2940. The first-order valence-electron chi connectivity index (χ1n) is 23.7. The highest BCUT2D eigenvalue weighted by Crippen LogP contribution is 2.35. The Hall–Kier alpha value is -7.20. The molecule has 16 heteroatoms. The largest absolute Gasteiger partial charge is 0.372 e. The van der Waals surface area contributed by atoms with E-state index in [-0.39, 0.29) is 30.1 Å². The number of aromatic amines is 1. The van der Waals surface area contributed by atoms with Gasteiger partial charge in [0.1, 0.15) is 6.04 Å². The second-order valence-corrected chi connectivity index (χ2v) is 19.7. The van der Waals surface area contributed by atoms with Crippen LogP contribution in [0.1, 0.15) is 108 Å². The Balaban J connectivity index is 0.712. The molecule has 0 spiro atoms. The quantitative estimate of drug-likeness (QED) is 0.101. The number of nitrogens with one attached hydrogen (secondary N) is 4. The third-order valence-corrected chi connectivity index (χ3v) is 14.0. The predicted octanol–water partition coefficient (Wildman–Crippen LogP) is 6.69. The summed E-state index contributed by atoms with van der Waals surface area (Å²) < 4.78 is 5.21. The van der Waals surface area contributed by atoms with Gasteiger partial charge in [-0.05, 0) is 122 Å². The van der Waals surface area contributed by atoms with Gasteiger partial charge in [-0.25, -0.2) is 0 Å². The number of fused-ring (bicyclic) bond motifs is 2. The zero-order valence-corrected chi connectivity index (χ0v) is 38.9. The number of anilines is 2. The number of amides is 5. The molecule has 4 aliphatic heterocycles. The van der Waals surface area contributed by atoms with Gasteiger partial charge in [-0.1, -0.05) is 56.3 Å². The molecule has 0 radical (unpaired) electrons. The molecule has 350 valence electrons. The van der Waals surface area contributed by atoms with E-state index in [1.165, 1.54) is 5.69 Å². The highest BCUT2D eigenvalue weighted by Gasteiger charge is 2.45. The van der Waals surface area contributed by atoms with Crippen molar-refractivity contribution in [2.24, 2.45) is 5.92 Å². The van der Waals surface area contributed by atoms with E-state index in [2.05, 4.69) is 89.5 Å². The van der Waals surface area contributed by atoms with Gasteiger partial charge in [-0.2, -0.15) is 10.1 Å². The molecule has 16 nitrogen and oxygen atoms in total. The van der Waals surface area contributed by atoms with Gasteiger partial charge in [0.25, 0.3) is 11.8 Å². The van der Waals surface area contributed by atoms with Gasteiger partial charge in [0.2, 0.25) is 11.8 Å². The molecule has 4 N–H and O–H groups in total. The van der Waals surface area contributed by atoms with Crippen molar-refractivity contribution in [2.45, 2.75) is 90.3 Å². The lowest BCUT2D eigenvalue weighted by Crippen LogP contribution is -2.54. The third-order valence-electron chi connectivity index (χ3n) is 14.0. The number of carbonyl (C=O) groups excluding carboxylic acids is 5. The summed E-state index contributed by atoms with van der Waals surface area (Å²) in [5, 5.41) is 21.9. The molecule has 1 unspecified atom stereocenters. The smallest absolute Gasteiger partial charge is 0.315 e. The summed E-state index contributed by atoms with van der Waals surface area (Å²) in [5.41, 5.74) is 9.47. The van der Waals surface area contributed by atoms with Gasteiger partial charge in [0.15, 0.2) is 5.82 Å². The molecule has 6 aromatic rings. The number of piperidine rings is 3. The minimum atomic E-state index is -0.975. The summed E-state index contributed by atoms with van der Waals surface area (Å²) in [4.78, 5) is 73.7. The number of aryl methyl sites for hydroxylation is 1. The SMILES string of the molecule is Cc1cc(-c2n[nH]c3ccc(-c4ccc(N5CCC(CN[C@H]6CCCN(c7ccc8c(c7)C(=O)N(C7CCC(=O)NC7=O)C8=O)C6)CC5)cc4)cc23)ccc1CNC(=O)c1nc(C(C)(C)C)no1. The molecule has 2 atom stereocenters. The Morgan fingerprint density at radius 3 is 2.31 bits per heavy atom. The van der Waals surface area contributed by atoms with Crippen molar-refractivity contribution in [3.05, 3.63) is 113 Å². The van der Waals surface area contributed by atoms with Crippen LogP contribution >= 0.6 is 0 Å². The summed E-state index contributed by atoms with van der Waals surface area (Å²) >= 11 is 0. The zero-order chi connectivity index (χ0) is 47.3. The second kappa shape index (κ2) is 18.1. The summed E-state index contributed by atoms with van der Waals surface area (Å²) in [6, 6.07) is 26.1.